The standard InChI is InChI=1S/C16H23N3S/c1-12(2)9-13-10-17-7-8-19(13)11-16-18-14-5-3-4-6-15(14)20-16/h3-6,12-13,17H,7-11H2,1-2H3. The fourth-order valence-corrected chi connectivity index (χ4v) is 3.94. The van der Waals surface area contributed by atoms with Crippen LogP contribution in [0, 0.1) is 5.92 Å². The van der Waals surface area contributed by atoms with Crippen molar-refractivity contribution < 1.29 is 0 Å². The maximum absolute atomic E-state index is 4.78. The van der Waals surface area contributed by atoms with Gasteiger partial charge in [0.25, 0.3) is 0 Å². The molecule has 1 atom stereocenters. The summed E-state index contributed by atoms with van der Waals surface area (Å²) in [6, 6.07) is 9.09. The van der Waals surface area contributed by atoms with E-state index in [-0.39, 0.29) is 0 Å². The SMILES string of the molecule is CC(C)CC1CNCCN1Cc1nc2ccccc2s1. The first-order valence-corrected chi connectivity index (χ1v) is 8.33. The van der Waals surface area contributed by atoms with Crippen LogP contribution in [-0.4, -0.2) is 35.6 Å². The van der Waals surface area contributed by atoms with E-state index in [0.717, 1.165) is 37.6 Å². The van der Waals surface area contributed by atoms with Crippen LogP contribution in [0.15, 0.2) is 24.3 Å². The molecule has 2 heterocycles. The van der Waals surface area contributed by atoms with Crippen molar-refractivity contribution in [2.24, 2.45) is 5.92 Å². The summed E-state index contributed by atoms with van der Waals surface area (Å²) in [5.41, 5.74) is 1.14. The van der Waals surface area contributed by atoms with Crippen LogP contribution in [-0.2, 0) is 6.54 Å². The average Bonchev–Trinajstić information content (AvgIpc) is 2.82. The molecular formula is C16H23N3S. The van der Waals surface area contributed by atoms with E-state index >= 15 is 0 Å². The Morgan fingerprint density at radius 2 is 2.25 bits per heavy atom. The Kier molecular flexibility index (Phi) is 4.34. The third kappa shape index (κ3) is 3.19. The van der Waals surface area contributed by atoms with Crippen molar-refractivity contribution in [3.8, 4) is 0 Å². The summed E-state index contributed by atoms with van der Waals surface area (Å²) >= 11 is 1.84. The molecule has 0 amide bonds. The quantitative estimate of drug-likeness (QED) is 0.937. The first-order chi connectivity index (χ1) is 9.72. The lowest BCUT2D eigenvalue weighted by Gasteiger charge is -2.36. The van der Waals surface area contributed by atoms with E-state index in [4.69, 9.17) is 4.98 Å². The van der Waals surface area contributed by atoms with Crippen molar-refractivity contribution in [3.63, 3.8) is 0 Å². The zero-order valence-electron chi connectivity index (χ0n) is 12.3. The minimum atomic E-state index is 0.649. The third-order valence-corrected chi connectivity index (χ3v) is 4.91. The molecule has 1 fully saturated rings. The van der Waals surface area contributed by atoms with Gasteiger partial charge in [-0.05, 0) is 24.5 Å². The highest BCUT2D eigenvalue weighted by atomic mass is 32.1. The van der Waals surface area contributed by atoms with Gasteiger partial charge in [-0.3, -0.25) is 4.90 Å². The van der Waals surface area contributed by atoms with Crippen molar-refractivity contribution in [1.82, 2.24) is 15.2 Å². The molecule has 0 spiro atoms. The van der Waals surface area contributed by atoms with Crippen molar-refractivity contribution in [1.29, 1.82) is 0 Å². The fraction of sp³-hybridized carbons (Fsp3) is 0.562. The van der Waals surface area contributed by atoms with Crippen molar-refractivity contribution in [2.45, 2.75) is 32.9 Å². The molecule has 1 aromatic carbocycles. The van der Waals surface area contributed by atoms with Gasteiger partial charge in [0.05, 0.1) is 16.8 Å². The highest BCUT2D eigenvalue weighted by molar-refractivity contribution is 7.18. The van der Waals surface area contributed by atoms with Crippen LogP contribution in [0.3, 0.4) is 0 Å². The number of rotatable bonds is 4. The first kappa shape index (κ1) is 14.0. The summed E-state index contributed by atoms with van der Waals surface area (Å²) in [5, 5.41) is 4.78. The zero-order chi connectivity index (χ0) is 13.9. The van der Waals surface area contributed by atoms with Crippen molar-refractivity contribution in [2.75, 3.05) is 19.6 Å². The minimum absolute atomic E-state index is 0.649. The van der Waals surface area contributed by atoms with E-state index in [1.165, 1.54) is 16.1 Å². The maximum atomic E-state index is 4.78. The first-order valence-electron chi connectivity index (χ1n) is 7.51. The highest BCUT2D eigenvalue weighted by Crippen LogP contribution is 2.24. The van der Waals surface area contributed by atoms with Crippen LogP contribution in [0.25, 0.3) is 10.2 Å². The van der Waals surface area contributed by atoms with Gasteiger partial charge in [-0.25, -0.2) is 4.98 Å². The number of nitrogens with one attached hydrogen (secondary N) is 1. The number of piperazine rings is 1. The fourth-order valence-electron chi connectivity index (χ4n) is 2.95. The summed E-state index contributed by atoms with van der Waals surface area (Å²) in [5.74, 6) is 0.748. The molecule has 1 unspecified atom stereocenters. The lowest BCUT2D eigenvalue weighted by Crippen LogP contribution is -2.51. The van der Waals surface area contributed by atoms with Gasteiger partial charge in [-0.15, -0.1) is 11.3 Å². The Bertz CT molecular complexity index is 531. The lowest BCUT2D eigenvalue weighted by atomic mass is 10.0. The second-order valence-electron chi connectivity index (χ2n) is 6.03. The van der Waals surface area contributed by atoms with Gasteiger partial charge < -0.3 is 5.32 Å². The second kappa shape index (κ2) is 6.20. The number of para-hydroxylation sites is 1. The largest absolute Gasteiger partial charge is 0.314 e. The van der Waals surface area contributed by atoms with E-state index in [1.807, 2.05) is 11.3 Å². The topological polar surface area (TPSA) is 28.2 Å². The molecule has 1 saturated heterocycles. The number of hydrogen-bond donors (Lipinski definition) is 1. The number of benzene rings is 1. The van der Waals surface area contributed by atoms with Gasteiger partial charge in [0.15, 0.2) is 0 Å². The summed E-state index contributed by atoms with van der Waals surface area (Å²) in [7, 11) is 0. The molecule has 1 aliphatic heterocycles. The van der Waals surface area contributed by atoms with Gasteiger partial charge in [0.2, 0.25) is 0 Å². The van der Waals surface area contributed by atoms with Crippen molar-refractivity contribution >= 4 is 21.6 Å². The Morgan fingerprint density at radius 1 is 1.40 bits per heavy atom. The average molecular weight is 289 g/mol. The molecule has 0 aliphatic carbocycles. The molecule has 1 aromatic heterocycles. The lowest BCUT2D eigenvalue weighted by molar-refractivity contribution is 0.134. The Balaban J connectivity index is 1.74. The molecule has 0 saturated carbocycles. The van der Waals surface area contributed by atoms with E-state index in [2.05, 4.69) is 48.3 Å². The third-order valence-electron chi connectivity index (χ3n) is 3.89. The van der Waals surface area contributed by atoms with Gasteiger partial charge in [-0.1, -0.05) is 26.0 Å². The molecule has 3 rings (SSSR count). The van der Waals surface area contributed by atoms with E-state index in [1.54, 1.807) is 0 Å². The number of nitrogens with zero attached hydrogens (tertiary/aromatic N) is 2. The Morgan fingerprint density at radius 3 is 3.05 bits per heavy atom. The summed E-state index contributed by atoms with van der Waals surface area (Å²) < 4.78 is 1.30. The Labute approximate surface area is 125 Å². The molecule has 0 radical (unpaired) electrons. The predicted molar refractivity (Wildman–Crippen MR) is 86.1 cm³/mol. The molecule has 1 aliphatic rings. The van der Waals surface area contributed by atoms with Crippen LogP contribution in [0.5, 0.6) is 0 Å². The molecule has 4 heteroatoms. The highest BCUT2D eigenvalue weighted by Gasteiger charge is 2.23. The maximum Gasteiger partial charge on any atom is 0.108 e. The van der Waals surface area contributed by atoms with Crippen LogP contribution < -0.4 is 5.32 Å². The molecule has 2 aromatic rings. The number of fused-ring (bicyclic) bond motifs is 1. The molecule has 0 bridgehead atoms. The van der Waals surface area contributed by atoms with E-state index in [9.17, 15) is 0 Å². The van der Waals surface area contributed by atoms with E-state index < -0.39 is 0 Å². The summed E-state index contributed by atoms with van der Waals surface area (Å²) in [4.78, 5) is 7.38. The molecule has 1 N–H and O–H groups in total. The predicted octanol–water partition coefficient (Wildman–Crippen LogP) is 3.12. The van der Waals surface area contributed by atoms with E-state index in [0.29, 0.717) is 6.04 Å². The van der Waals surface area contributed by atoms with Crippen LogP contribution in [0.2, 0.25) is 0 Å². The van der Waals surface area contributed by atoms with Gasteiger partial charge in [-0.2, -0.15) is 0 Å². The second-order valence-corrected chi connectivity index (χ2v) is 7.15. The number of hydrogen-bond acceptors (Lipinski definition) is 4. The molecule has 20 heavy (non-hydrogen) atoms. The molecular weight excluding hydrogens is 266 g/mol. The zero-order valence-corrected chi connectivity index (χ0v) is 13.1. The molecule has 3 nitrogen and oxygen atoms in total. The van der Waals surface area contributed by atoms with Gasteiger partial charge in [0, 0.05) is 25.7 Å². The van der Waals surface area contributed by atoms with Crippen LogP contribution >= 0.6 is 11.3 Å². The minimum Gasteiger partial charge on any atom is -0.314 e. The van der Waals surface area contributed by atoms with Gasteiger partial charge in [0.1, 0.15) is 5.01 Å². The van der Waals surface area contributed by atoms with Crippen LogP contribution in [0.4, 0.5) is 0 Å². The Hall–Kier alpha value is -0.970. The smallest absolute Gasteiger partial charge is 0.108 e. The van der Waals surface area contributed by atoms with Crippen LogP contribution in [0.1, 0.15) is 25.3 Å². The summed E-state index contributed by atoms with van der Waals surface area (Å²) in [6.45, 7) is 8.96. The van der Waals surface area contributed by atoms with Crippen molar-refractivity contribution in [3.05, 3.63) is 29.3 Å². The monoisotopic (exact) mass is 289 g/mol. The normalized spacial score (nSPS) is 20.9. The summed E-state index contributed by atoms with van der Waals surface area (Å²) in [6.07, 6.45) is 1.26. The number of thiazole rings is 1. The van der Waals surface area contributed by atoms with Gasteiger partial charge >= 0.3 is 0 Å². The number of aromatic nitrogens is 1. The molecule has 108 valence electrons.